The highest BCUT2D eigenvalue weighted by Crippen LogP contribution is 2.39. The molecule has 4 aromatic carbocycles. The van der Waals surface area contributed by atoms with Gasteiger partial charge in [-0.3, -0.25) is 0 Å². The third kappa shape index (κ3) is 7.26. The highest BCUT2D eigenvalue weighted by atomic mass is 28.4. The lowest BCUT2D eigenvalue weighted by Gasteiger charge is -2.45. The molecule has 0 saturated carbocycles. The van der Waals surface area contributed by atoms with Crippen LogP contribution in [0.4, 0.5) is 0 Å². The molecule has 4 rings (SSSR count). The van der Waals surface area contributed by atoms with Gasteiger partial charge in [0.15, 0.2) is 0 Å². The molecule has 0 aliphatic heterocycles. The van der Waals surface area contributed by atoms with E-state index in [0.29, 0.717) is 13.2 Å². The zero-order chi connectivity index (χ0) is 31.7. The van der Waals surface area contributed by atoms with Gasteiger partial charge in [0.1, 0.15) is 0 Å². The van der Waals surface area contributed by atoms with Gasteiger partial charge in [0.2, 0.25) is 0 Å². The molecular weight excluding hydrogens is 569 g/mol. The zero-order valence-corrected chi connectivity index (χ0v) is 29.8. The quantitative estimate of drug-likeness (QED) is 0.0806. The van der Waals surface area contributed by atoms with Crippen molar-refractivity contribution in [1.82, 2.24) is 0 Å². The maximum atomic E-state index is 7.47. The lowest BCUT2D eigenvalue weighted by molar-refractivity contribution is 0.155. The highest BCUT2D eigenvalue weighted by molar-refractivity contribution is 7.00. The zero-order valence-electron chi connectivity index (χ0n) is 27.8. The minimum atomic E-state index is -2.66. The lowest BCUT2D eigenvalue weighted by atomic mass is 10.0. The summed E-state index contributed by atoms with van der Waals surface area (Å²) in [5.41, 5.74) is 0. The van der Waals surface area contributed by atoms with E-state index in [4.69, 9.17) is 8.85 Å². The van der Waals surface area contributed by atoms with Crippen LogP contribution in [0, 0.1) is 5.92 Å². The summed E-state index contributed by atoms with van der Waals surface area (Å²) in [6.45, 7) is 19.4. The Bertz CT molecular complexity index is 1220. The standard InChI is InChI=1S/C40H52O2Si2/c1-8-9-14-23-34(32-41-43(39(2,3)4,35-24-15-10-16-25-35)36-26-17-11-18-27-36)33-42-44(40(5,6)7,37-28-19-12-20-29-37)38-30-21-13-22-31-38/h8,10-13,15-22,24-31,34H,1,9,14,23,32-33H2,2-7H3. The van der Waals surface area contributed by atoms with E-state index in [1.165, 1.54) is 20.7 Å². The summed E-state index contributed by atoms with van der Waals surface area (Å²) in [7, 11) is -5.33. The summed E-state index contributed by atoms with van der Waals surface area (Å²) in [5.74, 6) is 0.248. The molecule has 0 unspecified atom stereocenters. The van der Waals surface area contributed by atoms with E-state index in [1.54, 1.807) is 0 Å². The summed E-state index contributed by atoms with van der Waals surface area (Å²) >= 11 is 0. The molecule has 0 saturated heterocycles. The van der Waals surface area contributed by atoms with Gasteiger partial charge in [-0.25, -0.2) is 0 Å². The largest absolute Gasteiger partial charge is 0.407 e. The first kappa shape index (κ1) is 33.9. The van der Waals surface area contributed by atoms with Crippen molar-refractivity contribution in [3.8, 4) is 0 Å². The second-order valence-corrected chi connectivity index (χ2v) is 22.6. The maximum Gasteiger partial charge on any atom is 0.261 e. The normalized spacial score (nSPS) is 12.8. The van der Waals surface area contributed by atoms with Gasteiger partial charge < -0.3 is 8.85 Å². The van der Waals surface area contributed by atoms with E-state index in [2.05, 4.69) is 169 Å². The van der Waals surface area contributed by atoms with Gasteiger partial charge in [-0.15, -0.1) is 6.58 Å². The molecule has 0 aromatic heterocycles. The Labute approximate surface area is 269 Å². The van der Waals surface area contributed by atoms with Crippen LogP contribution in [0.5, 0.6) is 0 Å². The second kappa shape index (κ2) is 14.8. The predicted molar refractivity (Wildman–Crippen MR) is 195 cm³/mol. The molecule has 0 amide bonds. The molecule has 0 radical (unpaired) electrons. The molecule has 0 atom stereocenters. The molecular formula is C40H52O2Si2. The molecule has 0 aliphatic rings. The van der Waals surface area contributed by atoms with Crippen LogP contribution in [0.1, 0.15) is 60.8 Å². The van der Waals surface area contributed by atoms with Crippen molar-refractivity contribution in [1.29, 1.82) is 0 Å². The predicted octanol–water partition coefficient (Wildman–Crippen LogP) is 8.11. The van der Waals surface area contributed by atoms with Gasteiger partial charge in [0, 0.05) is 19.1 Å². The molecule has 232 valence electrons. The van der Waals surface area contributed by atoms with E-state index in [1.807, 2.05) is 6.08 Å². The van der Waals surface area contributed by atoms with E-state index in [9.17, 15) is 0 Å². The molecule has 0 fully saturated rings. The van der Waals surface area contributed by atoms with Crippen molar-refractivity contribution >= 4 is 37.4 Å². The van der Waals surface area contributed by atoms with Crippen molar-refractivity contribution in [3.05, 3.63) is 134 Å². The Morgan fingerprint density at radius 3 is 1.09 bits per heavy atom. The Kier molecular flexibility index (Phi) is 11.4. The minimum Gasteiger partial charge on any atom is -0.407 e. The van der Waals surface area contributed by atoms with Crippen molar-refractivity contribution in [3.63, 3.8) is 0 Å². The Hall–Kier alpha value is -3.03. The van der Waals surface area contributed by atoms with Gasteiger partial charge >= 0.3 is 0 Å². The van der Waals surface area contributed by atoms with Crippen molar-refractivity contribution in [2.45, 2.75) is 70.9 Å². The molecule has 44 heavy (non-hydrogen) atoms. The Balaban J connectivity index is 1.75. The summed E-state index contributed by atoms with van der Waals surface area (Å²) in [6, 6.07) is 43.8. The molecule has 0 bridgehead atoms. The van der Waals surface area contributed by atoms with Crippen molar-refractivity contribution in [2.24, 2.45) is 5.92 Å². The number of benzene rings is 4. The molecule has 4 aromatic rings. The molecule has 0 spiro atoms. The van der Waals surface area contributed by atoms with Gasteiger partial charge in [0.25, 0.3) is 16.6 Å². The Morgan fingerprint density at radius 1 is 0.545 bits per heavy atom. The molecule has 0 heterocycles. The summed E-state index contributed by atoms with van der Waals surface area (Å²) < 4.78 is 14.9. The first-order chi connectivity index (χ1) is 21.1. The van der Waals surface area contributed by atoms with Crippen LogP contribution < -0.4 is 20.7 Å². The second-order valence-electron chi connectivity index (χ2n) is 14.0. The third-order valence-electron chi connectivity index (χ3n) is 8.93. The monoisotopic (exact) mass is 620 g/mol. The Morgan fingerprint density at radius 2 is 0.841 bits per heavy atom. The summed E-state index contributed by atoms with van der Waals surface area (Å²) in [6.07, 6.45) is 5.13. The number of hydrogen-bond donors (Lipinski definition) is 0. The number of hydrogen-bond acceptors (Lipinski definition) is 2. The minimum absolute atomic E-state index is 0.0692. The van der Waals surface area contributed by atoms with E-state index >= 15 is 0 Å². The van der Waals surface area contributed by atoms with Gasteiger partial charge in [-0.2, -0.15) is 0 Å². The molecule has 0 N–H and O–H groups in total. The fourth-order valence-electron chi connectivity index (χ4n) is 6.77. The van der Waals surface area contributed by atoms with Crippen LogP contribution in [0.2, 0.25) is 10.1 Å². The van der Waals surface area contributed by atoms with Gasteiger partial charge in [-0.05, 0) is 50.1 Å². The first-order valence-electron chi connectivity index (χ1n) is 16.2. The number of unbranched alkanes of at least 4 members (excludes halogenated alkanes) is 1. The molecule has 0 aliphatic carbocycles. The molecule has 2 nitrogen and oxygen atoms in total. The SMILES string of the molecule is C=CCCCC(CO[Si](c1ccccc1)(c1ccccc1)C(C)(C)C)CO[Si](c1ccccc1)(c1ccccc1)C(C)(C)C. The van der Waals surface area contributed by atoms with Crippen molar-refractivity contribution in [2.75, 3.05) is 13.2 Å². The van der Waals surface area contributed by atoms with Crippen LogP contribution in [0.15, 0.2) is 134 Å². The van der Waals surface area contributed by atoms with Crippen LogP contribution in [0.25, 0.3) is 0 Å². The average Bonchev–Trinajstić information content (AvgIpc) is 3.02. The maximum absolute atomic E-state index is 7.47. The lowest BCUT2D eigenvalue weighted by Crippen LogP contribution is -2.67. The first-order valence-corrected chi connectivity index (χ1v) is 20.0. The summed E-state index contributed by atoms with van der Waals surface area (Å²) in [4.78, 5) is 0. The summed E-state index contributed by atoms with van der Waals surface area (Å²) in [5, 5.41) is 5.13. The van der Waals surface area contributed by atoms with Crippen LogP contribution in [-0.4, -0.2) is 29.8 Å². The fraction of sp³-hybridized carbons (Fsp3) is 0.350. The number of rotatable bonds is 14. The molecule has 4 heteroatoms. The van der Waals surface area contributed by atoms with Crippen molar-refractivity contribution < 1.29 is 8.85 Å². The van der Waals surface area contributed by atoms with Crippen LogP contribution in [-0.2, 0) is 8.85 Å². The van der Waals surface area contributed by atoms with E-state index < -0.39 is 16.6 Å². The smallest absolute Gasteiger partial charge is 0.261 e. The number of allylic oxidation sites excluding steroid dienone is 1. The fourth-order valence-corrected chi connectivity index (χ4v) is 16.1. The van der Waals surface area contributed by atoms with E-state index in [0.717, 1.165) is 19.3 Å². The van der Waals surface area contributed by atoms with Crippen LogP contribution >= 0.6 is 0 Å². The van der Waals surface area contributed by atoms with Gasteiger partial charge in [-0.1, -0.05) is 169 Å². The highest BCUT2D eigenvalue weighted by Gasteiger charge is 2.52. The van der Waals surface area contributed by atoms with Gasteiger partial charge in [0.05, 0.1) is 0 Å². The van der Waals surface area contributed by atoms with Crippen LogP contribution in [0.3, 0.4) is 0 Å². The average molecular weight is 621 g/mol. The van der Waals surface area contributed by atoms with E-state index in [-0.39, 0.29) is 16.0 Å². The topological polar surface area (TPSA) is 18.5 Å². The third-order valence-corrected chi connectivity index (χ3v) is 18.9.